The third-order valence-corrected chi connectivity index (χ3v) is 0. The fourth-order valence-electron chi connectivity index (χ4n) is 0. The van der Waals surface area contributed by atoms with Gasteiger partial charge in [-0.25, -0.2) is 0 Å². The molecular weight excluding hydrogens is 196 g/mol. The predicted octanol–water partition coefficient (Wildman–Crippen LogP) is -1.75. The molecule has 0 bridgehead atoms. The van der Waals surface area contributed by atoms with Crippen LogP contribution in [0.25, 0.3) is 0 Å². The average Bonchev–Trinajstić information content (AvgIpc) is 1.00. The van der Waals surface area contributed by atoms with Crippen LogP contribution in [0.5, 0.6) is 0 Å². The third-order valence-electron chi connectivity index (χ3n) is 0. The second-order valence-corrected chi connectivity index (χ2v) is 0. The van der Waals surface area contributed by atoms with Crippen LogP contribution in [-0.4, -0.2) is 70.6 Å². The van der Waals surface area contributed by atoms with Crippen molar-refractivity contribution in [3.8, 4) is 0 Å². The molecule has 2 N–H and O–H groups in total. The van der Waals surface area contributed by atoms with Gasteiger partial charge in [0.2, 0.25) is 0 Å². The summed E-state index contributed by atoms with van der Waals surface area (Å²) < 4.78 is 8.28. The fraction of sp³-hybridized carbons (Fsp3) is 0. The van der Waals surface area contributed by atoms with Crippen molar-refractivity contribution < 1.29 is 12.1 Å². The molecule has 0 aliphatic rings. The molecule has 0 heterocycles. The number of hydrogen-bond acceptors (Lipinski definition) is 1. The van der Waals surface area contributed by atoms with E-state index < -0.39 is 0 Å². The zero-order chi connectivity index (χ0) is 2.00. The fourth-order valence-corrected chi connectivity index (χ4v) is 0. The van der Waals surface area contributed by atoms with Gasteiger partial charge in [-0.3, -0.25) is 0 Å². The number of hydrogen-bond donors (Lipinski definition) is 0. The molecule has 0 radical (unpaired) electrons. The molecule has 22 valence electrons. The first kappa shape index (κ1) is 16.9. The molecule has 0 saturated heterocycles. The summed E-state index contributed by atoms with van der Waals surface area (Å²) in [6.45, 7) is 0. The molecule has 0 saturated carbocycles. The Morgan fingerprint density at radius 1 is 1.50 bits per heavy atom. The van der Waals surface area contributed by atoms with Crippen LogP contribution >= 0.6 is 0 Å². The first-order valence-corrected chi connectivity index (χ1v) is 0.866. The van der Waals surface area contributed by atoms with E-state index in [2.05, 4.69) is 0 Å². The van der Waals surface area contributed by atoms with E-state index in [9.17, 15) is 0 Å². The van der Waals surface area contributed by atoms with Gasteiger partial charge in [-0.05, 0) is 0 Å². The van der Waals surface area contributed by atoms with Crippen LogP contribution in [0, 0.1) is 0 Å². The SMILES string of the molecule is O.[Ba+2].[H-].[H-].[O]=[AlH]. The van der Waals surface area contributed by atoms with Gasteiger partial charge >= 0.3 is 68.9 Å². The van der Waals surface area contributed by atoms with Gasteiger partial charge in [0.15, 0.2) is 0 Å². The van der Waals surface area contributed by atoms with Gasteiger partial charge in [-0.15, -0.1) is 0 Å². The summed E-state index contributed by atoms with van der Waals surface area (Å²) in [5.74, 6) is 0. The van der Waals surface area contributed by atoms with Crippen LogP contribution < -0.4 is 0 Å². The molecule has 0 aliphatic heterocycles. The number of rotatable bonds is 0. The van der Waals surface area contributed by atoms with Crippen LogP contribution in [0.1, 0.15) is 2.85 Å². The first-order chi connectivity index (χ1) is 1.00. The van der Waals surface area contributed by atoms with Crippen molar-refractivity contribution in [2.24, 2.45) is 0 Å². The molecular formula is H5AlBaO2. The van der Waals surface area contributed by atoms with E-state index in [-0.39, 0.29) is 57.2 Å². The molecule has 0 aromatic heterocycles. The van der Waals surface area contributed by atoms with Crippen molar-refractivity contribution in [3.63, 3.8) is 0 Å². The summed E-state index contributed by atoms with van der Waals surface area (Å²) >= 11 is 0.611. The van der Waals surface area contributed by atoms with E-state index >= 15 is 0 Å². The van der Waals surface area contributed by atoms with Crippen LogP contribution in [-0.2, 0) is 3.80 Å². The monoisotopic (exact) mass is 202 g/mol. The second-order valence-electron chi connectivity index (χ2n) is 0. The molecule has 0 fully saturated rings. The first-order valence-electron chi connectivity index (χ1n) is 0.289. The molecule has 2 nitrogen and oxygen atoms in total. The third kappa shape index (κ3) is 9.12. The normalized spacial score (nSPS) is 0.750. The van der Waals surface area contributed by atoms with E-state index in [1.54, 1.807) is 0 Å². The molecule has 0 rings (SSSR count). The molecule has 0 aromatic rings. The van der Waals surface area contributed by atoms with Crippen molar-refractivity contribution in [1.29, 1.82) is 0 Å². The Kier molecular flexibility index (Phi) is 88.4. The average molecular weight is 201 g/mol. The summed E-state index contributed by atoms with van der Waals surface area (Å²) in [5, 5.41) is 0. The van der Waals surface area contributed by atoms with Gasteiger partial charge in [-0.1, -0.05) is 0 Å². The molecule has 4 heteroatoms. The minimum atomic E-state index is 0. The Balaban J connectivity index is -0.000000000833. The molecule has 0 unspecified atom stereocenters. The second kappa shape index (κ2) is 20.9. The van der Waals surface area contributed by atoms with E-state index in [0.717, 1.165) is 0 Å². The molecule has 4 heavy (non-hydrogen) atoms. The van der Waals surface area contributed by atoms with Crippen LogP contribution in [0.2, 0.25) is 0 Å². The Morgan fingerprint density at radius 3 is 1.50 bits per heavy atom. The minimum absolute atomic E-state index is 0. The van der Waals surface area contributed by atoms with Crippen molar-refractivity contribution in [2.75, 3.05) is 0 Å². The quantitative estimate of drug-likeness (QED) is 0.429. The van der Waals surface area contributed by atoms with E-state index in [0.29, 0.717) is 16.2 Å². The molecule has 0 spiro atoms. The van der Waals surface area contributed by atoms with Crippen molar-refractivity contribution >= 4 is 65.1 Å². The van der Waals surface area contributed by atoms with Gasteiger partial charge < -0.3 is 8.33 Å². The Morgan fingerprint density at radius 2 is 1.50 bits per heavy atom. The summed E-state index contributed by atoms with van der Waals surface area (Å²) in [5.41, 5.74) is 0. The van der Waals surface area contributed by atoms with Crippen molar-refractivity contribution in [2.45, 2.75) is 0 Å². The Labute approximate surface area is 75.9 Å². The van der Waals surface area contributed by atoms with Gasteiger partial charge in [0.1, 0.15) is 0 Å². The van der Waals surface area contributed by atoms with E-state index in [4.69, 9.17) is 3.80 Å². The van der Waals surface area contributed by atoms with Crippen molar-refractivity contribution in [3.05, 3.63) is 0 Å². The predicted molar refractivity (Wildman–Crippen MR) is 19.4 cm³/mol. The van der Waals surface area contributed by atoms with Crippen LogP contribution in [0.4, 0.5) is 0 Å². The van der Waals surface area contributed by atoms with Gasteiger partial charge in [0.05, 0.1) is 0 Å². The topological polar surface area (TPSA) is 48.6 Å². The van der Waals surface area contributed by atoms with Gasteiger partial charge in [0.25, 0.3) is 0 Å². The zero-order valence-corrected chi connectivity index (χ0v) is 8.18. The standard InChI is InChI=1S/Al.Ba.H2O.O.3H/h;;1H2;;;;/q;+2;;;;2*-1. The maximum atomic E-state index is 8.28. The molecule has 0 aliphatic carbocycles. The molecule has 0 aromatic carbocycles. The summed E-state index contributed by atoms with van der Waals surface area (Å²) in [4.78, 5) is 0. The summed E-state index contributed by atoms with van der Waals surface area (Å²) in [7, 11) is 0. The Bertz CT molecular complexity index is 11.5. The summed E-state index contributed by atoms with van der Waals surface area (Å²) in [6.07, 6.45) is 0. The van der Waals surface area contributed by atoms with E-state index in [1.165, 1.54) is 0 Å². The van der Waals surface area contributed by atoms with E-state index in [1.807, 2.05) is 0 Å². The van der Waals surface area contributed by atoms with Gasteiger partial charge in [-0.2, -0.15) is 0 Å². The van der Waals surface area contributed by atoms with Crippen LogP contribution in [0.15, 0.2) is 0 Å². The molecule has 0 amide bonds. The maximum absolute atomic E-state index is 8.28. The van der Waals surface area contributed by atoms with Crippen LogP contribution in [0.3, 0.4) is 0 Å². The Hall–Kier alpha value is 1.86. The van der Waals surface area contributed by atoms with Gasteiger partial charge in [0, 0.05) is 0 Å². The zero-order valence-electron chi connectivity index (χ0n) is 4.32. The molecule has 0 atom stereocenters. The van der Waals surface area contributed by atoms with Crippen molar-refractivity contribution in [1.82, 2.24) is 0 Å². The summed E-state index contributed by atoms with van der Waals surface area (Å²) in [6, 6.07) is 0.